The molecule has 0 fully saturated rings. The maximum absolute atomic E-state index is 12.4. The minimum Gasteiger partial charge on any atom is -0.272 e. The van der Waals surface area contributed by atoms with Gasteiger partial charge < -0.3 is 0 Å². The van der Waals surface area contributed by atoms with Crippen molar-refractivity contribution in [2.24, 2.45) is 11.0 Å². The molecule has 1 aliphatic heterocycles. The van der Waals surface area contributed by atoms with Crippen molar-refractivity contribution in [1.29, 1.82) is 0 Å². The molecule has 0 saturated carbocycles. The lowest BCUT2D eigenvalue weighted by Gasteiger charge is -2.13. The van der Waals surface area contributed by atoms with E-state index < -0.39 is 0 Å². The van der Waals surface area contributed by atoms with Crippen molar-refractivity contribution in [3.63, 3.8) is 0 Å². The minimum atomic E-state index is -0.297. The van der Waals surface area contributed by atoms with Crippen molar-refractivity contribution >= 4 is 28.9 Å². The average Bonchev–Trinajstić information content (AvgIpc) is 2.79. The highest BCUT2D eigenvalue weighted by atomic mass is 35.5. The molecular formula is C16H14ClN3O. The first-order valence-corrected chi connectivity index (χ1v) is 7.05. The van der Waals surface area contributed by atoms with Crippen LogP contribution < -0.4 is 5.01 Å². The third-order valence-electron chi connectivity index (χ3n) is 3.55. The largest absolute Gasteiger partial charge is 0.272 e. The van der Waals surface area contributed by atoms with Crippen molar-refractivity contribution in [3.05, 3.63) is 58.9 Å². The Balaban J connectivity index is 2.02. The topological polar surface area (TPSA) is 45.6 Å². The Hall–Kier alpha value is -2.20. The molecule has 3 rings (SSSR count). The van der Waals surface area contributed by atoms with Crippen LogP contribution in [0.15, 0.2) is 47.8 Å². The molecule has 106 valence electrons. The third kappa shape index (κ3) is 2.43. The van der Waals surface area contributed by atoms with Crippen LogP contribution in [-0.4, -0.2) is 16.6 Å². The number of benzene rings is 1. The smallest absolute Gasteiger partial charge is 0.256 e. The third-order valence-corrected chi connectivity index (χ3v) is 3.96. The van der Waals surface area contributed by atoms with E-state index in [0.29, 0.717) is 10.7 Å². The Labute approximate surface area is 128 Å². The summed E-state index contributed by atoms with van der Waals surface area (Å²) >= 11 is 6.13. The first kappa shape index (κ1) is 13.8. The average molecular weight is 300 g/mol. The summed E-state index contributed by atoms with van der Waals surface area (Å²) in [5.74, 6) is -0.358. The second-order valence-corrected chi connectivity index (χ2v) is 5.44. The van der Waals surface area contributed by atoms with Gasteiger partial charge in [-0.2, -0.15) is 10.1 Å². The highest BCUT2D eigenvalue weighted by Gasteiger charge is 2.34. The Morgan fingerprint density at radius 1 is 1.29 bits per heavy atom. The Kier molecular flexibility index (Phi) is 3.47. The zero-order chi connectivity index (χ0) is 15.0. The molecule has 0 bridgehead atoms. The van der Waals surface area contributed by atoms with Gasteiger partial charge in [-0.1, -0.05) is 17.7 Å². The van der Waals surface area contributed by atoms with E-state index in [1.54, 1.807) is 18.5 Å². The van der Waals surface area contributed by atoms with Crippen LogP contribution in [0.5, 0.6) is 0 Å². The van der Waals surface area contributed by atoms with Gasteiger partial charge >= 0.3 is 0 Å². The normalized spacial score (nSPS) is 18.0. The second kappa shape index (κ2) is 5.30. The van der Waals surface area contributed by atoms with Crippen LogP contribution in [0.3, 0.4) is 0 Å². The number of amides is 1. The predicted molar refractivity (Wildman–Crippen MR) is 83.6 cm³/mol. The maximum Gasteiger partial charge on any atom is 0.256 e. The van der Waals surface area contributed by atoms with E-state index >= 15 is 0 Å². The fourth-order valence-corrected chi connectivity index (χ4v) is 2.44. The van der Waals surface area contributed by atoms with Crippen LogP contribution in [0.2, 0.25) is 5.02 Å². The number of rotatable bonds is 2. The number of carbonyl (C=O) groups excluding carboxylic acids is 1. The number of aromatic nitrogens is 1. The molecule has 4 nitrogen and oxygen atoms in total. The summed E-state index contributed by atoms with van der Waals surface area (Å²) < 4.78 is 0. The lowest BCUT2D eigenvalue weighted by molar-refractivity contribution is -0.119. The number of hydrazone groups is 1. The molecule has 2 aromatic rings. The molecule has 1 atom stereocenters. The molecule has 1 aliphatic rings. The number of aryl methyl sites for hydroxylation is 1. The van der Waals surface area contributed by atoms with Crippen LogP contribution in [-0.2, 0) is 4.79 Å². The van der Waals surface area contributed by atoms with E-state index in [1.807, 2.05) is 38.1 Å². The highest BCUT2D eigenvalue weighted by molar-refractivity contribution is 6.31. The van der Waals surface area contributed by atoms with E-state index in [0.717, 1.165) is 16.8 Å². The van der Waals surface area contributed by atoms with Gasteiger partial charge in [-0.25, -0.2) is 0 Å². The lowest BCUT2D eigenvalue weighted by Crippen LogP contribution is -2.25. The molecule has 0 spiro atoms. The van der Waals surface area contributed by atoms with Gasteiger partial charge in [0.25, 0.3) is 5.91 Å². The van der Waals surface area contributed by atoms with Gasteiger partial charge in [-0.3, -0.25) is 9.78 Å². The van der Waals surface area contributed by atoms with E-state index in [-0.39, 0.29) is 11.8 Å². The summed E-state index contributed by atoms with van der Waals surface area (Å²) in [6.07, 6.45) is 3.41. The first-order valence-electron chi connectivity index (χ1n) is 6.67. The summed E-state index contributed by atoms with van der Waals surface area (Å²) in [7, 11) is 0. The molecule has 5 heteroatoms. The van der Waals surface area contributed by atoms with Gasteiger partial charge in [0.2, 0.25) is 0 Å². The minimum absolute atomic E-state index is 0.0613. The summed E-state index contributed by atoms with van der Waals surface area (Å²) in [6, 6.07) is 9.23. The standard InChI is InChI=1S/C16H14ClN3O/c1-10-5-6-13(8-14(10)17)20-16(21)11(2)15(19-20)12-4-3-7-18-9-12/h3-9,11H,1-2H3. The van der Waals surface area contributed by atoms with Gasteiger partial charge in [-0.05, 0) is 43.7 Å². The highest BCUT2D eigenvalue weighted by Crippen LogP contribution is 2.29. The van der Waals surface area contributed by atoms with Crippen LogP contribution in [0.25, 0.3) is 0 Å². The van der Waals surface area contributed by atoms with Crippen molar-refractivity contribution in [1.82, 2.24) is 4.98 Å². The number of hydrogen-bond acceptors (Lipinski definition) is 3. The molecular weight excluding hydrogens is 286 g/mol. The molecule has 1 aromatic carbocycles. The van der Waals surface area contributed by atoms with E-state index in [9.17, 15) is 4.79 Å². The number of halogens is 1. The van der Waals surface area contributed by atoms with E-state index in [2.05, 4.69) is 10.1 Å². The molecule has 0 N–H and O–H groups in total. The molecule has 2 heterocycles. The van der Waals surface area contributed by atoms with Crippen molar-refractivity contribution in [2.45, 2.75) is 13.8 Å². The van der Waals surface area contributed by atoms with Gasteiger partial charge in [0.05, 0.1) is 17.3 Å². The fourth-order valence-electron chi connectivity index (χ4n) is 2.26. The number of carbonyl (C=O) groups is 1. The van der Waals surface area contributed by atoms with E-state index in [4.69, 9.17) is 11.6 Å². The zero-order valence-corrected chi connectivity index (χ0v) is 12.5. The van der Waals surface area contributed by atoms with Gasteiger partial charge in [0, 0.05) is 23.0 Å². The monoisotopic (exact) mass is 299 g/mol. The van der Waals surface area contributed by atoms with Gasteiger partial charge in [0.15, 0.2) is 0 Å². The lowest BCUT2D eigenvalue weighted by atomic mass is 10.0. The van der Waals surface area contributed by atoms with Gasteiger partial charge in [-0.15, -0.1) is 0 Å². The maximum atomic E-state index is 12.4. The van der Waals surface area contributed by atoms with Crippen LogP contribution in [0.4, 0.5) is 5.69 Å². The fraction of sp³-hybridized carbons (Fsp3) is 0.188. The summed E-state index contributed by atoms with van der Waals surface area (Å²) in [6.45, 7) is 3.77. The van der Waals surface area contributed by atoms with Crippen LogP contribution in [0.1, 0.15) is 18.1 Å². The van der Waals surface area contributed by atoms with Crippen LogP contribution >= 0.6 is 11.6 Å². The van der Waals surface area contributed by atoms with Gasteiger partial charge in [0.1, 0.15) is 0 Å². The molecule has 0 aliphatic carbocycles. The number of pyridine rings is 1. The quantitative estimate of drug-likeness (QED) is 0.853. The molecule has 1 aromatic heterocycles. The molecule has 1 amide bonds. The number of nitrogens with zero attached hydrogens (tertiary/aromatic N) is 3. The Morgan fingerprint density at radius 3 is 2.76 bits per heavy atom. The summed E-state index contributed by atoms with van der Waals surface area (Å²) in [4.78, 5) is 16.5. The second-order valence-electron chi connectivity index (χ2n) is 5.03. The molecule has 21 heavy (non-hydrogen) atoms. The first-order chi connectivity index (χ1) is 10.1. The Bertz CT molecular complexity index is 728. The Morgan fingerprint density at radius 2 is 2.10 bits per heavy atom. The van der Waals surface area contributed by atoms with Crippen molar-refractivity contribution < 1.29 is 4.79 Å². The van der Waals surface area contributed by atoms with Crippen molar-refractivity contribution in [3.8, 4) is 0 Å². The molecule has 1 unspecified atom stereocenters. The number of anilines is 1. The number of hydrogen-bond donors (Lipinski definition) is 0. The summed E-state index contributed by atoms with van der Waals surface area (Å²) in [5, 5.41) is 6.50. The zero-order valence-electron chi connectivity index (χ0n) is 11.7. The SMILES string of the molecule is Cc1ccc(N2N=C(c3cccnc3)C(C)C2=O)cc1Cl. The van der Waals surface area contributed by atoms with E-state index in [1.165, 1.54) is 5.01 Å². The predicted octanol–water partition coefficient (Wildman–Crippen LogP) is 3.43. The van der Waals surface area contributed by atoms with Crippen molar-refractivity contribution in [2.75, 3.05) is 5.01 Å². The molecule has 0 saturated heterocycles. The summed E-state index contributed by atoms with van der Waals surface area (Å²) in [5.41, 5.74) is 3.24. The van der Waals surface area contributed by atoms with Crippen LogP contribution in [0, 0.1) is 12.8 Å². The molecule has 0 radical (unpaired) electrons.